The summed E-state index contributed by atoms with van der Waals surface area (Å²) in [5.41, 5.74) is 0.638. The topological polar surface area (TPSA) is 56.3 Å². The number of ketones is 2. The van der Waals surface area contributed by atoms with Crippen LogP contribution in [0.25, 0.3) is 0 Å². The maximum absolute atomic E-state index is 12.0. The highest BCUT2D eigenvalue weighted by Crippen LogP contribution is 2.11. The Hall–Kier alpha value is -2.49. The molecule has 2 aromatic rings. The lowest BCUT2D eigenvalue weighted by atomic mass is 10.0. The molecule has 0 unspecified atom stereocenters. The highest BCUT2D eigenvalue weighted by molar-refractivity contribution is 6.49. The van der Waals surface area contributed by atoms with E-state index in [0.717, 1.165) is 0 Å². The SMILES string of the molecule is CCOc1ccc(C(=O)C(=O)c2ccccc2)cn1. The van der Waals surface area contributed by atoms with Crippen LogP contribution in [-0.2, 0) is 0 Å². The Bertz CT molecular complexity index is 576. The molecule has 1 heterocycles. The second-order valence-corrected chi connectivity index (χ2v) is 3.84. The summed E-state index contributed by atoms with van der Waals surface area (Å²) in [4.78, 5) is 27.9. The van der Waals surface area contributed by atoms with Crippen LogP contribution in [0.2, 0.25) is 0 Å². The first-order valence-corrected chi connectivity index (χ1v) is 5.95. The lowest BCUT2D eigenvalue weighted by Gasteiger charge is -2.03. The molecule has 0 fully saturated rings. The molecule has 0 aliphatic rings. The zero-order valence-electron chi connectivity index (χ0n) is 10.5. The summed E-state index contributed by atoms with van der Waals surface area (Å²) in [7, 11) is 0. The van der Waals surface area contributed by atoms with Crippen LogP contribution in [-0.4, -0.2) is 23.2 Å². The molecule has 0 aliphatic carbocycles. The third kappa shape index (κ3) is 3.04. The summed E-state index contributed by atoms with van der Waals surface area (Å²) in [5.74, 6) is -0.667. The van der Waals surface area contributed by atoms with Crippen LogP contribution in [0.5, 0.6) is 5.88 Å². The van der Waals surface area contributed by atoms with Gasteiger partial charge < -0.3 is 4.74 Å². The molecule has 4 heteroatoms. The fourth-order valence-corrected chi connectivity index (χ4v) is 1.60. The molecule has 0 saturated heterocycles. The Morgan fingerprint density at radius 1 is 1.00 bits per heavy atom. The van der Waals surface area contributed by atoms with Crippen molar-refractivity contribution in [1.29, 1.82) is 0 Å². The molecular formula is C15H13NO3. The highest BCUT2D eigenvalue weighted by atomic mass is 16.5. The molecule has 2 rings (SSSR count). The number of benzene rings is 1. The first-order valence-electron chi connectivity index (χ1n) is 5.95. The number of hydrogen-bond acceptors (Lipinski definition) is 4. The van der Waals surface area contributed by atoms with Crippen molar-refractivity contribution in [2.24, 2.45) is 0 Å². The van der Waals surface area contributed by atoms with Gasteiger partial charge in [-0.2, -0.15) is 0 Å². The number of carbonyl (C=O) groups is 2. The van der Waals surface area contributed by atoms with E-state index >= 15 is 0 Å². The van der Waals surface area contributed by atoms with E-state index in [9.17, 15) is 9.59 Å². The van der Waals surface area contributed by atoms with Gasteiger partial charge in [0.05, 0.1) is 6.61 Å². The number of nitrogens with zero attached hydrogens (tertiary/aromatic N) is 1. The molecule has 0 amide bonds. The van der Waals surface area contributed by atoms with Crippen molar-refractivity contribution in [3.05, 3.63) is 59.8 Å². The molecule has 1 aromatic carbocycles. The fraction of sp³-hybridized carbons (Fsp3) is 0.133. The van der Waals surface area contributed by atoms with Gasteiger partial charge in [0.1, 0.15) is 0 Å². The summed E-state index contributed by atoms with van der Waals surface area (Å²) in [6.07, 6.45) is 1.36. The van der Waals surface area contributed by atoms with E-state index in [1.165, 1.54) is 6.20 Å². The van der Waals surface area contributed by atoms with Crippen LogP contribution in [0.15, 0.2) is 48.7 Å². The number of pyridine rings is 1. The van der Waals surface area contributed by atoms with Gasteiger partial charge in [-0.05, 0) is 13.0 Å². The fourth-order valence-electron chi connectivity index (χ4n) is 1.60. The summed E-state index contributed by atoms with van der Waals surface area (Å²) >= 11 is 0. The first-order chi connectivity index (χ1) is 9.22. The molecule has 19 heavy (non-hydrogen) atoms. The smallest absolute Gasteiger partial charge is 0.235 e. The number of ether oxygens (including phenoxy) is 1. The average Bonchev–Trinajstić information content (AvgIpc) is 2.48. The van der Waals surface area contributed by atoms with Crippen molar-refractivity contribution in [2.45, 2.75) is 6.92 Å². The molecule has 4 nitrogen and oxygen atoms in total. The molecule has 96 valence electrons. The Morgan fingerprint density at radius 2 is 1.68 bits per heavy atom. The van der Waals surface area contributed by atoms with E-state index in [-0.39, 0.29) is 5.56 Å². The van der Waals surface area contributed by atoms with Gasteiger partial charge in [0, 0.05) is 23.4 Å². The molecule has 0 radical (unpaired) electrons. The predicted octanol–water partition coefficient (Wildman–Crippen LogP) is 2.55. The molecule has 0 bridgehead atoms. The second kappa shape index (κ2) is 5.91. The second-order valence-electron chi connectivity index (χ2n) is 3.84. The minimum Gasteiger partial charge on any atom is -0.478 e. The van der Waals surface area contributed by atoms with Gasteiger partial charge in [0.25, 0.3) is 0 Å². The molecule has 0 spiro atoms. The van der Waals surface area contributed by atoms with Gasteiger partial charge in [-0.15, -0.1) is 0 Å². The van der Waals surface area contributed by atoms with Crippen molar-refractivity contribution in [3.63, 3.8) is 0 Å². The summed E-state index contributed by atoms with van der Waals surface area (Å²) in [6, 6.07) is 11.6. The Kier molecular flexibility index (Phi) is 4.03. The van der Waals surface area contributed by atoms with Crippen LogP contribution in [0.3, 0.4) is 0 Å². The van der Waals surface area contributed by atoms with E-state index in [1.54, 1.807) is 42.5 Å². The van der Waals surface area contributed by atoms with E-state index < -0.39 is 11.6 Å². The Labute approximate surface area is 111 Å². The van der Waals surface area contributed by atoms with Crippen molar-refractivity contribution >= 4 is 11.6 Å². The quantitative estimate of drug-likeness (QED) is 0.608. The normalized spacial score (nSPS) is 9.95. The third-order valence-corrected chi connectivity index (χ3v) is 2.53. The Balaban J connectivity index is 2.18. The molecule has 0 atom stereocenters. The molecular weight excluding hydrogens is 242 g/mol. The van der Waals surface area contributed by atoms with Gasteiger partial charge in [0.15, 0.2) is 0 Å². The standard InChI is InChI=1S/C15H13NO3/c1-2-19-13-9-8-12(10-16-13)15(18)14(17)11-6-4-3-5-7-11/h3-10H,2H2,1H3. The summed E-state index contributed by atoms with van der Waals surface area (Å²) < 4.78 is 5.18. The molecule has 1 aromatic heterocycles. The van der Waals surface area contributed by atoms with Crippen molar-refractivity contribution in [2.75, 3.05) is 6.61 Å². The maximum atomic E-state index is 12.0. The molecule has 0 saturated carbocycles. The summed E-state index contributed by atoms with van der Waals surface area (Å²) in [5, 5.41) is 0. The predicted molar refractivity (Wildman–Crippen MR) is 70.5 cm³/mol. The first kappa shape index (κ1) is 13.0. The number of carbonyl (C=O) groups excluding carboxylic acids is 2. The number of rotatable bonds is 5. The van der Waals surface area contributed by atoms with Crippen LogP contribution in [0.4, 0.5) is 0 Å². The zero-order chi connectivity index (χ0) is 13.7. The molecule has 0 N–H and O–H groups in total. The van der Waals surface area contributed by atoms with Crippen molar-refractivity contribution in [1.82, 2.24) is 4.98 Å². The highest BCUT2D eigenvalue weighted by Gasteiger charge is 2.18. The van der Waals surface area contributed by atoms with E-state index in [4.69, 9.17) is 4.74 Å². The lowest BCUT2D eigenvalue weighted by Crippen LogP contribution is -2.14. The van der Waals surface area contributed by atoms with Crippen LogP contribution >= 0.6 is 0 Å². The van der Waals surface area contributed by atoms with Crippen LogP contribution in [0, 0.1) is 0 Å². The van der Waals surface area contributed by atoms with Crippen LogP contribution < -0.4 is 4.74 Å². The van der Waals surface area contributed by atoms with Gasteiger partial charge in [-0.1, -0.05) is 30.3 Å². The largest absolute Gasteiger partial charge is 0.478 e. The number of Topliss-reactive ketones (excluding diaryl/α,β-unsaturated/α-hetero) is 2. The van der Waals surface area contributed by atoms with E-state index in [1.807, 2.05) is 6.92 Å². The average molecular weight is 255 g/mol. The van der Waals surface area contributed by atoms with E-state index in [0.29, 0.717) is 18.1 Å². The van der Waals surface area contributed by atoms with Gasteiger partial charge in [-0.3, -0.25) is 9.59 Å². The Morgan fingerprint density at radius 3 is 2.26 bits per heavy atom. The minimum absolute atomic E-state index is 0.261. The number of aromatic nitrogens is 1. The lowest BCUT2D eigenvalue weighted by molar-refractivity contribution is 0.0816. The summed E-state index contributed by atoms with van der Waals surface area (Å²) in [6.45, 7) is 2.35. The van der Waals surface area contributed by atoms with Gasteiger partial charge >= 0.3 is 0 Å². The van der Waals surface area contributed by atoms with E-state index in [2.05, 4.69) is 4.98 Å². The zero-order valence-corrected chi connectivity index (χ0v) is 10.5. The maximum Gasteiger partial charge on any atom is 0.235 e. The minimum atomic E-state index is -0.568. The van der Waals surface area contributed by atoms with Crippen molar-refractivity contribution in [3.8, 4) is 5.88 Å². The number of hydrogen-bond donors (Lipinski definition) is 0. The molecule has 0 aliphatic heterocycles. The van der Waals surface area contributed by atoms with Gasteiger partial charge in [0.2, 0.25) is 17.4 Å². The van der Waals surface area contributed by atoms with Crippen molar-refractivity contribution < 1.29 is 14.3 Å². The monoisotopic (exact) mass is 255 g/mol. The third-order valence-electron chi connectivity index (χ3n) is 2.53. The van der Waals surface area contributed by atoms with Crippen LogP contribution in [0.1, 0.15) is 27.6 Å². The van der Waals surface area contributed by atoms with Gasteiger partial charge in [-0.25, -0.2) is 4.98 Å².